The molecule has 1 aliphatic heterocycles. The van der Waals surface area contributed by atoms with Crippen LogP contribution in [0.25, 0.3) is 0 Å². The van der Waals surface area contributed by atoms with Crippen molar-refractivity contribution in [3.63, 3.8) is 0 Å². The van der Waals surface area contributed by atoms with Crippen molar-refractivity contribution < 1.29 is 4.74 Å². The van der Waals surface area contributed by atoms with Crippen LogP contribution in [-0.4, -0.2) is 65.2 Å². The summed E-state index contributed by atoms with van der Waals surface area (Å²) in [6, 6.07) is 5.77. The highest BCUT2D eigenvalue weighted by atomic mass is 35.5. The van der Waals surface area contributed by atoms with Gasteiger partial charge in [0.2, 0.25) is 0 Å². The lowest BCUT2D eigenvalue weighted by Crippen LogP contribution is -2.48. The van der Waals surface area contributed by atoms with E-state index in [1.807, 2.05) is 31.3 Å². The minimum Gasteiger partial charge on any atom is -0.492 e. The fourth-order valence-electron chi connectivity index (χ4n) is 3.19. The van der Waals surface area contributed by atoms with Crippen molar-refractivity contribution in [2.24, 2.45) is 0 Å². The number of benzene rings is 1. The van der Waals surface area contributed by atoms with Crippen LogP contribution in [0.5, 0.6) is 5.75 Å². The third kappa shape index (κ3) is 5.21. The maximum atomic E-state index is 5.98. The summed E-state index contributed by atoms with van der Waals surface area (Å²) in [6.45, 7) is 12.3. The first-order valence-electron chi connectivity index (χ1n) is 8.93. The Morgan fingerprint density at radius 3 is 2.40 bits per heavy atom. The number of aromatic nitrogens is 2. The van der Waals surface area contributed by atoms with Gasteiger partial charge in [-0.05, 0) is 37.6 Å². The van der Waals surface area contributed by atoms with Crippen molar-refractivity contribution in [3.8, 4) is 5.75 Å². The monoisotopic (exact) mass is 362 g/mol. The Kier molecular flexibility index (Phi) is 6.34. The minimum atomic E-state index is 0.719. The lowest BCUT2D eigenvalue weighted by atomic mass is 10.2. The third-order valence-electron chi connectivity index (χ3n) is 4.85. The van der Waals surface area contributed by atoms with E-state index in [9.17, 15) is 0 Å². The zero-order chi connectivity index (χ0) is 17.6. The molecule has 2 aromatic rings. The zero-order valence-corrected chi connectivity index (χ0v) is 15.9. The molecule has 5 nitrogen and oxygen atoms in total. The summed E-state index contributed by atoms with van der Waals surface area (Å²) < 4.78 is 8.12. The molecule has 1 fully saturated rings. The van der Waals surface area contributed by atoms with Gasteiger partial charge in [-0.15, -0.1) is 0 Å². The molecule has 0 saturated carbocycles. The van der Waals surface area contributed by atoms with Gasteiger partial charge in [-0.3, -0.25) is 9.80 Å². The van der Waals surface area contributed by atoms with Crippen LogP contribution < -0.4 is 4.74 Å². The van der Waals surface area contributed by atoms with Crippen LogP contribution in [0.3, 0.4) is 0 Å². The highest BCUT2D eigenvalue weighted by molar-refractivity contribution is 6.30. The number of aryl methyl sites for hydroxylation is 2. The molecule has 0 spiro atoms. The van der Waals surface area contributed by atoms with Crippen LogP contribution in [0.2, 0.25) is 5.02 Å². The van der Waals surface area contributed by atoms with E-state index in [-0.39, 0.29) is 0 Å². The molecule has 1 saturated heterocycles. The molecule has 1 aliphatic rings. The predicted molar refractivity (Wildman–Crippen MR) is 102 cm³/mol. The molecule has 0 atom stereocenters. The molecule has 25 heavy (non-hydrogen) atoms. The van der Waals surface area contributed by atoms with E-state index in [4.69, 9.17) is 16.3 Å². The molecule has 2 heterocycles. The first-order valence-corrected chi connectivity index (χ1v) is 9.31. The smallest absolute Gasteiger partial charge is 0.122 e. The number of piperazine rings is 1. The number of hydrogen-bond acceptors (Lipinski definition) is 4. The Morgan fingerprint density at radius 2 is 1.76 bits per heavy atom. The number of hydrogen-bond donors (Lipinski definition) is 0. The maximum Gasteiger partial charge on any atom is 0.122 e. The average molecular weight is 363 g/mol. The van der Waals surface area contributed by atoms with Crippen LogP contribution in [0.1, 0.15) is 11.4 Å². The lowest BCUT2D eigenvalue weighted by molar-refractivity contribution is 0.114. The van der Waals surface area contributed by atoms with Gasteiger partial charge in [0.05, 0.1) is 0 Å². The van der Waals surface area contributed by atoms with Crippen LogP contribution in [0, 0.1) is 13.8 Å². The first-order chi connectivity index (χ1) is 12.1. The number of ether oxygens (including phenoxy) is 1. The third-order valence-corrected chi connectivity index (χ3v) is 5.08. The summed E-state index contributed by atoms with van der Waals surface area (Å²) in [5.74, 6) is 2.02. The Balaban J connectivity index is 1.34. The van der Waals surface area contributed by atoms with Crippen molar-refractivity contribution in [2.45, 2.75) is 20.4 Å². The van der Waals surface area contributed by atoms with E-state index in [1.165, 1.54) is 0 Å². The fraction of sp³-hybridized carbons (Fsp3) is 0.526. The zero-order valence-electron chi connectivity index (χ0n) is 15.1. The molecule has 0 N–H and O–H groups in total. The Hall–Kier alpha value is -1.56. The van der Waals surface area contributed by atoms with Crippen LogP contribution in [0.4, 0.5) is 0 Å². The van der Waals surface area contributed by atoms with E-state index in [1.54, 1.807) is 0 Å². The van der Waals surface area contributed by atoms with Crippen molar-refractivity contribution in [2.75, 3.05) is 45.9 Å². The largest absolute Gasteiger partial charge is 0.492 e. The molecule has 0 aliphatic carbocycles. The summed E-state index contributed by atoms with van der Waals surface area (Å²) in [6.07, 6.45) is 3.93. The fourth-order valence-corrected chi connectivity index (χ4v) is 3.41. The second-order valence-electron chi connectivity index (χ2n) is 6.61. The molecular weight excluding hydrogens is 336 g/mol. The summed E-state index contributed by atoms with van der Waals surface area (Å²) in [5, 5.41) is 0.756. The maximum absolute atomic E-state index is 5.98. The molecule has 0 unspecified atom stereocenters. The van der Waals surface area contributed by atoms with Gasteiger partial charge >= 0.3 is 0 Å². The van der Waals surface area contributed by atoms with Crippen molar-refractivity contribution in [1.29, 1.82) is 0 Å². The SMILES string of the molecule is Cc1cc(Cl)ccc1OCCN1CCN(CCn2ccnc2C)CC1. The quantitative estimate of drug-likeness (QED) is 0.758. The van der Waals surface area contributed by atoms with Crippen molar-refractivity contribution in [3.05, 3.63) is 47.0 Å². The highest BCUT2D eigenvalue weighted by Crippen LogP contribution is 2.21. The second kappa shape index (κ2) is 8.70. The van der Waals surface area contributed by atoms with E-state index >= 15 is 0 Å². The van der Waals surface area contributed by atoms with E-state index in [0.29, 0.717) is 0 Å². The molecule has 0 radical (unpaired) electrons. The number of imidazole rings is 1. The summed E-state index contributed by atoms with van der Waals surface area (Å²) in [5.41, 5.74) is 1.09. The molecular formula is C19H27ClN4O. The number of halogens is 1. The van der Waals surface area contributed by atoms with E-state index in [0.717, 1.165) is 74.6 Å². The van der Waals surface area contributed by atoms with E-state index in [2.05, 4.69) is 32.5 Å². The highest BCUT2D eigenvalue weighted by Gasteiger charge is 2.16. The first kappa shape index (κ1) is 18.2. The lowest BCUT2D eigenvalue weighted by Gasteiger charge is -2.34. The van der Waals surface area contributed by atoms with Crippen LogP contribution in [0.15, 0.2) is 30.6 Å². The Labute approximate surface area is 155 Å². The normalized spacial score (nSPS) is 16.3. The summed E-state index contributed by atoms with van der Waals surface area (Å²) in [7, 11) is 0. The van der Waals surface area contributed by atoms with Crippen molar-refractivity contribution in [1.82, 2.24) is 19.4 Å². The number of rotatable bonds is 7. The van der Waals surface area contributed by atoms with Gasteiger partial charge in [0, 0.05) is 63.2 Å². The van der Waals surface area contributed by atoms with Gasteiger partial charge in [0.25, 0.3) is 0 Å². The van der Waals surface area contributed by atoms with Crippen LogP contribution in [-0.2, 0) is 6.54 Å². The number of nitrogens with zero attached hydrogens (tertiary/aromatic N) is 4. The molecule has 0 bridgehead atoms. The Bertz CT molecular complexity index is 680. The standard InChI is InChI=1S/C19H27ClN4O/c1-16-15-18(20)3-4-19(16)25-14-13-23-9-7-22(8-10-23)11-12-24-6-5-21-17(24)2/h3-6,15H,7-14H2,1-2H3. The second-order valence-corrected chi connectivity index (χ2v) is 7.05. The van der Waals surface area contributed by atoms with Gasteiger partial charge in [0.1, 0.15) is 18.2 Å². The summed E-state index contributed by atoms with van der Waals surface area (Å²) >= 11 is 5.98. The molecule has 1 aromatic heterocycles. The topological polar surface area (TPSA) is 33.5 Å². The average Bonchev–Trinajstić information content (AvgIpc) is 3.01. The minimum absolute atomic E-state index is 0.719. The van der Waals surface area contributed by atoms with E-state index < -0.39 is 0 Å². The summed E-state index contributed by atoms with van der Waals surface area (Å²) in [4.78, 5) is 9.28. The van der Waals surface area contributed by atoms with Gasteiger partial charge in [-0.1, -0.05) is 11.6 Å². The van der Waals surface area contributed by atoms with Gasteiger partial charge in [-0.2, -0.15) is 0 Å². The molecule has 0 amide bonds. The molecule has 6 heteroatoms. The van der Waals surface area contributed by atoms with Crippen molar-refractivity contribution >= 4 is 11.6 Å². The van der Waals surface area contributed by atoms with Gasteiger partial charge in [0.15, 0.2) is 0 Å². The van der Waals surface area contributed by atoms with Crippen LogP contribution >= 0.6 is 11.6 Å². The molecule has 136 valence electrons. The van der Waals surface area contributed by atoms with Gasteiger partial charge < -0.3 is 9.30 Å². The Morgan fingerprint density at radius 1 is 1.04 bits per heavy atom. The van der Waals surface area contributed by atoms with Gasteiger partial charge in [-0.25, -0.2) is 4.98 Å². The molecule has 3 rings (SSSR count). The molecule has 1 aromatic carbocycles. The predicted octanol–water partition coefficient (Wildman–Crippen LogP) is 2.85.